The van der Waals surface area contributed by atoms with Crippen molar-refractivity contribution in [1.29, 1.82) is 0 Å². The van der Waals surface area contributed by atoms with Gasteiger partial charge in [0.2, 0.25) is 0 Å². The van der Waals surface area contributed by atoms with Gasteiger partial charge in [0.25, 0.3) is 0 Å². The van der Waals surface area contributed by atoms with Crippen molar-refractivity contribution < 1.29 is 14.6 Å². The van der Waals surface area contributed by atoms with E-state index in [0.717, 1.165) is 11.3 Å². The third-order valence-corrected chi connectivity index (χ3v) is 2.81. The lowest BCUT2D eigenvalue weighted by atomic mass is 10.2. The first-order valence-corrected chi connectivity index (χ1v) is 6.48. The standard InChI is InChI=1S/C16H17NO3/c1-2-20-16(19)13-4-3-5-14(10-13)17-11-12-6-8-15(18)9-7-12/h3-10,17-18H,2,11H2,1H3. The number of phenols is 1. The molecule has 0 spiro atoms. The van der Waals surface area contributed by atoms with Gasteiger partial charge in [-0.1, -0.05) is 18.2 Å². The van der Waals surface area contributed by atoms with Gasteiger partial charge in [-0.05, 0) is 42.8 Å². The molecule has 0 bridgehead atoms. The number of nitrogens with one attached hydrogen (secondary N) is 1. The molecule has 20 heavy (non-hydrogen) atoms. The average molecular weight is 271 g/mol. The number of phenolic OH excluding ortho intramolecular Hbond substituents is 1. The number of hydrogen-bond donors (Lipinski definition) is 2. The van der Waals surface area contributed by atoms with Crippen molar-refractivity contribution >= 4 is 11.7 Å². The van der Waals surface area contributed by atoms with Crippen LogP contribution in [-0.4, -0.2) is 17.7 Å². The minimum absolute atomic E-state index is 0.248. The normalized spacial score (nSPS) is 10.1. The number of esters is 1. The molecule has 0 aliphatic rings. The summed E-state index contributed by atoms with van der Waals surface area (Å²) >= 11 is 0. The lowest BCUT2D eigenvalue weighted by molar-refractivity contribution is 0.0526. The Labute approximate surface area is 118 Å². The maximum absolute atomic E-state index is 11.6. The maximum atomic E-state index is 11.6. The first kappa shape index (κ1) is 13.9. The van der Waals surface area contributed by atoms with Crippen LogP contribution in [0.5, 0.6) is 5.75 Å². The number of carbonyl (C=O) groups is 1. The molecule has 2 aromatic carbocycles. The molecule has 0 fully saturated rings. The quantitative estimate of drug-likeness (QED) is 0.820. The smallest absolute Gasteiger partial charge is 0.338 e. The Hall–Kier alpha value is -2.49. The van der Waals surface area contributed by atoms with Gasteiger partial charge in [0.15, 0.2) is 0 Å². The summed E-state index contributed by atoms with van der Waals surface area (Å²) in [5.41, 5.74) is 2.43. The Balaban J connectivity index is 2.01. The molecule has 0 unspecified atom stereocenters. The molecule has 104 valence electrons. The van der Waals surface area contributed by atoms with E-state index in [1.807, 2.05) is 24.3 Å². The highest BCUT2D eigenvalue weighted by atomic mass is 16.5. The van der Waals surface area contributed by atoms with Crippen LogP contribution < -0.4 is 5.32 Å². The molecular formula is C16H17NO3. The number of carbonyl (C=O) groups excluding carboxylic acids is 1. The van der Waals surface area contributed by atoms with Gasteiger partial charge < -0.3 is 15.2 Å². The van der Waals surface area contributed by atoms with Crippen molar-refractivity contribution in [2.75, 3.05) is 11.9 Å². The van der Waals surface area contributed by atoms with Crippen LogP contribution in [-0.2, 0) is 11.3 Å². The van der Waals surface area contributed by atoms with E-state index in [0.29, 0.717) is 18.7 Å². The molecule has 0 aliphatic heterocycles. The first-order valence-electron chi connectivity index (χ1n) is 6.48. The van der Waals surface area contributed by atoms with E-state index in [-0.39, 0.29) is 11.7 Å². The van der Waals surface area contributed by atoms with E-state index in [1.165, 1.54) is 0 Å². The molecule has 0 saturated heterocycles. The molecule has 0 heterocycles. The van der Waals surface area contributed by atoms with E-state index >= 15 is 0 Å². The summed E-state index contributed by atoms with van der Waals surface area (Å²) in [6.07, 6.45) is 0. The van der Waals surface area contributed by atoms with Gasteiger partial charge >= 0.3 is 5.97 Å². The Bertz CT molecular complexity index is 579. The fourth-order valence-electron chi connectivity index (χ4n) is 1.79. The summed E-state index contributed by atoms with van der Waals surface area (Å²) in [4.78, 5) is 11.6. The van der Waals surface area contributed by atoms with Gasteiger partial charge in [0.05, 0.1) is 12.2 Å². The predicted molar refractivity (Wildman–Crippen MR) is 77.8 cm³/mol. The SMILES string of the molecule is CCOC(=O)c1cccc(NCc2ccc(O)cc2)c1. The topological polar surface area (TPSA) is 58.6 Å². The molecule has 0 amide bonds. The average Bonchev–Trinajstić information content (AvgIpc) is 2.47. The molecule has 2 rings (SSSR count). The molecule has 0 atom stereocenters. The third kappa shape index (κ3) is 3.75. The second-order valence-corrected chi connectivity index (χ2v) is 4.32. The van der Waals surface area contributed by atoms with Gasteiger partial charge in [-0.3, -0.25) is 0 Å². The Morgan fingerprint density at radius 3 is 2.65 bits per heavy atom. The lowest BCUT2D eigenvalue weighted by Crippen LogP contribution is -2.06. The minimum Gasteiger partial charge on any atom is -0.508 e. The lowest BCUT2D eigenvalue weighted by Gasteiger charge is -2.08. The number of ether oxygens (including phenoxy) is 1. The van der Waals surface area contributed by atoms with E-state index in [4.69, 9.17) is 4.74 Å². The van der Waals surface area contributed by atoms with Crippen LogP contribution >= 0.6 is 0 Å². The molecule has 2 aromatic rings. The summed E-state index contributed by atoms with van der Waals surface area (Å²) in [7, 11) is 0. The predicted octanol–water partition coefficient (Wildman–Crippen LogP) is 3.18. The highest BCUT2D eigenvalue weighted by Crippen LogP contribution is 2.14. The molecule has 0 aromatic heterocycles. The highest BCUT2D eigenvalue weighted by molar-refractivity contribution is 5.90. The monoisotopic (exact) mass is 271 g/mol. The fourth-order valence-corrected chi connectivity index (χ4v) is 1.79. The van der Waals surface area contributed by atoms with E-state index in [1.54, 1.807) is 31.2 Å². The van der Waals surface area contributed by atoms with Gasteiger partial charge in [-0.2, -0.15) is 0 Å². The second kappa shape index (κ2) is 6.61. The van der Waals surface area contributed by atoms with Crippen molar-refractivity contribution in [1.82, 2.24) is 0 Å². The summed E-state index contributed by atoms with van der Waals surface area (Å²) < 4.78 is 4.96. The number of aromatic hydroxyl groups is 1. The molecule has 4 nitrogen and oxygen atoms in total. The Morgan fingerprint density at radius 2 is 1.95 bits per heavy atom. The third-order valence-electron chi connectivity index (χ3n) is 2.81. The molecule has 0 aliphatic carbocycles. The van der Waals surface area contributed by atoms with Gasteiger partial charge in [0.1, 0.15) is 5.75 Å². The van der Waals surface area contributed by atoms with Crippen molar-refractivity contribution in [2.24, 2.45) is 0 Å². The van der Waals surface area contributed by atoms with Crippen molar-refractivity contribution in [2.45, 2.75) is 13.5 Å². The van der Waals surface area contributed by atoms with Crippen LogP contribution in [0.3, 0.4) is 0 Å². The van der Waals surface area contributed by atoms with Crippen molar-refractivity contribution in [3.8, 4) is 5.75 Å². The zero-order valence-electron chi connectivity index (χ0n) is 11.3. The number of benzene rings is 2. The Morgan fingerprint density at radius 1 is 1.20 bits per heavy atom. The van der Waals surface area contributed by atoms with Gasteiger partial charge in [0, 0.05) is 12.2 Å². The zero-order chi connectivity index (χ0) is 14.4. The summed E-state index contributed by atoms with van der Waals surface area (Å²) in [5, 5.41) is 12.4. The van der Waals surface area contributed by atoms with E-state index in [9.17, 15) is 9.90 Å². The van der Waals surface area contributed by atoms with Gasteiger partial charge in [-0.15, -0.1) is 0 Å². The van der Waals surface area contributed by atoms with Crippen molar-refractivity contribution in [3.63, 3.8) is 0 Å². The molecule has 0 radical (unpaired) electrons. The van der Waals surface area contributed by atoms with Crippen LogP contribution in [0.2, 0.25) is 0 Å². The number of anilines is 1. The Kier molecular flexibility index (Phi) is 4.60. The van der Waals surface area contributed by atoms with E-state index < -0.39 is 0 Å². The number of rotatable bonds is 5. The minimum atomic E-state index is -0.319. The first-order chi connectivity index (χ1) is 9.69. The molecule has 0 saturated carbocycles. The highest BCUT2D eigenvalue weighted by Gasteiger charge is 2.06. The van der Waals surface area contributed by atoms with Gasteiger partial charge in [-0.25, -0.2) is 4.79 Å². The van der Waals surface area contributed by atoms with Crippen molar-refractivity contribution in [3.05, 3.63) is 59.7 Å². The zero-order valence-corrected chi connectivity index (χ0v) is 11.3. The summed E-state index contributed by atoms with van der Waals surface area (Å²) in [6.45, 7) is 2.77. The van der Waals surface area contributed by atoms with Crippen LogP contribution in [0.1, 0.15) is 22.8 Å². The molecule has 2 N–H and O–H groups in total. The molecule has 4 heteroatoms. The largest absolute Gasteiger partial charge is 0.508 e. The van der Waals surface area contributed by atoms with Crippen LogP contribution in [0.25, 0.3) is 0 Å². The summed E-state index contributed by atoms with van der Waals surface area (Å²) in [6, 6.07) is 14.2. The van der Waals surface area contributed by atoms with Crippen LogP contribution in [0.4, 0.5) is 5.69 Å². The second-order valence-electron chi connectivity index (χ2n) is 4.32. The maximum Gasteiger partial charge on any atom is 0.338 e. The number of hydrogen-bond acceptors (Lipinski definition) is 4. The fraction of sp³-hybridized carbons (Fsp3) is 0.188. The van der Waals surface area contributed by atoms with E-state index in [2.05, 4.69) is 5.32 Å². The van der Waals surface area contributed by atoms with Crippen LogP contribution in [0.15, 0.2) is 48.5 Å². The molecular weight excluding hydrogens is 254 g/mol. The van der Waals surface area contributed by atoms with Crippen LogP contribution in [0, 0.1) is 0 Å². The summed E-state index contributed by atoms with van der Waals surface area (Å²) in [5.74, 6) is -0.0705.